The molecule has 0 fully saturated rings. The second-order valence-corrected chi connectivity index (χ2v) is 3.85. The number of halogens is 2. The Morgan fingerprint density at radius 2 is 2.06 bits per heavy atom. The summed E-state index contributed by atoms with van der Waals surface area (Å²) in [7, 11) is 0. The Labute approximate surface area is 105 Å². The van der Waals surface area contributed by atoms with Gasteiger partial charge in [0.15, 0.2) is 5.82 Å². The Kier molecular flexibility index (Phi) is 3.31. The van der Waals surface area contributed by atoms with Crippen LogP contribution in [-0.2, 0) is 18.8 Å². The van der Waals surface area contributed by atoms with Crippen molar-refractivity contribution in [2.45, 2.75) is 18.8 Å². The third kappa shape index (κ3) is 2.93. The molecule has 6 heteroatoms. The molecule has 2 aromatic rings. The Hall–Kier alpha value is -1.13. The van der Waals surface area contributed by atoms with Crippen LogP contribution in [0.3, 0.4) is 0 Å². The molecule has 84 valence electrons. The molecule has 0 aliphatic carbocycles. The zero-order valence-corrected chi connectivity index (χ0v) is 9.86. The molecule has 1 atom stereocenters. The molecule has 0 spiro atoms. The lowest BCUT2D eigenvalue weighted by atomic mass is 10.1. The summed E-state index contributed by atoms with van der Waals surface area (Å²) in [4.78, 5) is 1.38. The maximum Gasteiger partial charge on any atom is 0.189 e. The van der Waals surface area contributed by atoms with Crippen molar-refractivity contribution in [3.8, 4) is 0 Å². The highest BCUT2D eigenvalue weighted by atomic mass is 35.5. The van der Waals surface area contributed by atoms with Gasteiger partial charge in [-0.1, -0.05) is 23.7 Å². The Morgan fingerprint density at radius 3 is 2.69 bits per heavy atom. The van der Waals surface area contributed by atoms with Crippen molar-refractivity contribution in [1.82, 2.24) is 20.2 Å². The smallest absolute Gasteiger partial charge is 0.164 e. The van der Waals surface area contributed by atoms with E-state index in [0.717, 1.165) is 5.56 Å². The minimum absolute atomic E-state index is 0.226. The van der Waals surface area contributed by atoms with Gasteiger partial charge in [-0.2, -0.15) is 4.80 Å². The van der Waals surface area contributed by atoms with Gasteiger partial charge in [-0.25, -0.2) is 0 Å². The summed E-state index contributed by atoms with van der Waals surface area (Å²) in [6.07, 6.45) is -0.454. The van der Waals surface area contributed by atoms with E-state index in [9.17, 15) is 0 Å². The highest BCUT2D eigenvalue weighted by molar-refractivity contribution is 6.30. The van der Waals surface area contributed by atoms with Crippen molar-refractivity contribution in [2.24, 2.45) is 0 Å². The van der Waals surface area contributed by atoms with Crippen LogP contribution in [0.4, 0.5) is 0 Å². The number of hydrogen-bond donors (Lipinski definition) is 0. The summed E-state index contributed by atoms with van der Waals surface area (Å²) in [5.41, 5.74) is 0.860. The van der Waals surface area contributed by atoms with Gasteiger partial charge in [0.25, 0.3) is 0 Å². The average molecular weight is 258 g/mol. The van der Waals surface area contributed by atoms with Crippen LogP contribution < -0.4 is 0 Å². The van der Waals surface area contributed by atoms with E-state index in [1.165, 1.54) is 4.80 Å². The molecular weight excluding hydrogens is 247 g/mol. The topological polar surface area (TPSA) is 43.6 Å². The molecular formula is C10H10Cl2N4. The third-order valence-corrected chi connectivity index (χ3v) is 2.47. The quantitative estimate of drug-likeness (QED) is 0.790. The SMILES string of the molecule is [2H]C(Cn1nnc(CCl)n1)c1ccc(Cl)cc1. The van der Waals surface area contributed by atoms with E-state index >= 15 is 0 Å². The average Bonchev–Trinajstić information content (AvgIpc) is 2.77. The molecule has 1 aromatic heterocycles. The first-order valence-electron chi connectivity index (χ1n) is 5.27. The minimum Gasteiger partial charge on any atom is -0.164 e. The summed E-state index contributed by atoms with van der Waals surface area (Å²) in [6, 6.07) is 7.16. The molecule has 0 aliphatic heterocycles. The molecule has 0 N–H and O–H groups in total. The van der Waals surface area contributed by atoms with Crippen LogP contribution in [0.25, 0.3) is 0 Å². The second kappa shape index (κ2) is 5.27. The van der Waals surface area contributed by atoms with Crippen LogP contribution >= 0.6 is 23.2 Å². The van der Waals surface area contributed by atoms with Crippen molar-refractivity contribution >= 4 is 23.2 Å². The lowest BCUT2D eigenvalue weighted by molar-refractivity contribution is 0.521. The number of rotatable bonds is 4. The van der Waals surface area contributed by atoms with Crippen LogP contribution in [0.2, 0.25) is 5.02 Å². The number of aryl methyl sites for hydroxylation is 2. The first-order valence-corrected chi connectivity index (χ1v) is 5.60. The molecule has 0 aliphatic rings. The summed E-state index contributed by atoms with van der Waals surface area (Å²) in [6.45, 7) is 0.339. The van der Waals surface area contributed by atoms with Crippen LogP contribution in [0.15, 0.2) is 24.3 Å². The molecule has 0 amide bonds. The maximum absolute atomic E-state index is 7.98. The van der Waals surface area contributed by atoms with Gasteiger partial charge in [0.1, 0.15) is 0 Å². The van der Waals surface area contributed by atoms with Crippen molar-refractivity contribution in [3.05, 3.63) is 40.7 Å². The molecule has 0 radical (unpaired) electrons. The Morgan fingerprint density at radius 1 is 1.31 bits per heavy atom. The van der Waals surface area contributed by atoms with Gasteiger partial charge in [0.2, 0.25) is 0 Å². The third-order valence-electron chi connectivity index (χ3n) is 1.97. The highest BCUT2D eigenvalue weighted by Crippen LogP contribution is 2.10. The Bertz CT molecular complexity index is 485. The van der Waals surface area contributed by atoms with E-state index in [0.29, 0.717) is 17.4 Å². The molecule has 16 heavy (non-hydrogen) atoms. The summed E-state index contributed by atoms with van der Waals surface area (Å²) in [5.74, 6) is 0.693. The van der Waals surface area contributed by atoms with Gasteiger partial charge in [-0.15, -0.1) is 21.8 Å². The molecule has 1 aromatic carbocycles. The van der Waals surface area contributed by atoms with E-state index in [-0.39, 0.29) is 5.88 Å². The van der Waals surface area contributed by atoms with Gasteiger partial charge in [-0.05, 0) is 29.3 Å². The van der Waals surface area contributed by atoms with E-state index < -0.39 is 6.40 Å². The molecule has 0 bridgehead atoms. The second-order valence-electron chi connectivity index (χ2n) is 3.15. The number of hydrogen-bond acceptors (Lipinski definition) is 3. The molecule has 2 rings (SSSR count). The number of tetrazole rings is 1. The monoisotopic (exact) mass is 257 g/mol. The standard InChI is InChI=1S/C10H10Cl2N4/c11-7-10-13-15-16(14-10)6-5-8-1-3-9(12)4-2-8/h1-4H,5-7H2/i5D. The van der Waals surface area contributed by atoms with E-state index in [1.807, 2.05) is 12.1 Å². The maximum atomic E-state index is 7.98. The first kappa shape index (κ1) is 10.1. The zero-order valence-electron chi connectivity index (χ0n) is 9.35. The number of alkyl halides is 1. The number of aromatic nitrogens is 4. The van der Waals surface area contributed by atoms with Crippen molar-refractivity contribution in [1.29, 1.82) is 0 Å². The lowest BCUT2D eigenvalue weighted by Crippen LogP contribution is -2.05. The fourth-order valence-electron chi connectivity index (χ4n) is 1.19. The molecule has 1 heterocycles. The summed E-state index contributed by atoms with van der Waals surface area (Å²) >= 11 is 11.4. The number of nitrogens with zero attached hydrogens (tertiary/aromatic N) is 4. The van der Waals surface area contributed by atoms with Crippen LogP contribution in [-0.4, -0.2) is 20.2 Å². The van der Waals surface area contributed by atoms with E-state index in [2.05, 4.69) is 15.4 Å². The van der Waals surface area contributed by atoms with Crippen LogP contribution in [0, 0.1) is 0 Å². The van der Waals surface area contributed by atoms with E-state index in [4.69, 9.17) is 24.6 Å². The molecule has 1 unspecified atom stereocenters. The van der Waals surface area contributed by atoms with Gasteiger partial charge in [0, 0.05) is 6.39 Å². The van der Waals surface area contributed by atoms with Crippen molar-refractivity contribution in [3.63, 3.8) is 0 Å². The fourth-order valence-corrected chi connectivity index (χ4v) is 1.43. The van der Waals surface area contributed by atoms with Gasteiger partial charge < -0.3 is 0 Å². The van der Waals surface area contributed by atoms with Gasteiger partial charge in [-0.3, -0.25) is 0 Å². The summed E-state index contributed by atoms with van der Waals surface area (Å²) in [5, 5.41) is 12.2. The lowest BCUT2D eigenvalue weighted by Gasteiger charge is -2.00. The number of benzene rings is 1. The molecule has 0 saturated carbocycles. The largest absolute Gasteiger partial charge is 0.189 e. The van der Waals surface area contributed by atoms with Gasteiger partial charge in [0.05, 0.1) is 12.4 Å². The van der Waals surface area contributed by atoms with Crippen molar-refractivity contribution < 1.29 is 1.37 Å². The van der Waals surface area contributed by atoms with Gasteiger partial charge >= 0.3 is 0 Å². The van der Waals surface area contributed by atoms with E-state index in [1.54, 1.807) is 12.1 Å². The fraction of sp³-hybridized carbons (Fsp3) is 0.300. The van der Waals surface area contributed by atoms with Crippen LogP contribution in [0.5, 0.6) is 0 Å². The Balaban J connectivity index is 2.05. The highest BCUT2D eigenvalue weighted by Gasteiger charge is 2.01. The summed E-state index contributed by atoms with van der Waals surface area (Å²) < 4.78 is 7.98. The zero-order chi connectivity index (χ0) is 12.3. The first-order chi connectivity index (χ1) is 8.19. The molecule has 4 nitrogen and oxygen atoms in total. The molecule has 0 saturated heterocycles. The normalized spacial score (nSPS) is 13.5. The predicted octanol–water partition coefficient (Wildman–Crippen LogP) is 2.31. The minimum atomic E-state index is -0.454. The van der Waals surface area contributed by atoms with Crippen molar-refractivity contribution in [2.75, 3.05) is 0 Å². The predicted molar refractivity (Wildman–Crippen MR) is 62.5 cm³/mol. The van der Waals surface area contributed by atoms with Crippen LogP contribution in [0.1, 0.15) is 12.8 Å².